The van der Waals surface area contributed by atoms with Gasteiger partial charge >= 0.3 is 0 Å². The maximum atomic E-state index is 9.60. The molecule has 1 atom stereocenters. The highest BCUT2D eigenvalue weighted by molar-refractivity contribution is 7.15. The molecule has 2 nitrogen and oxygen atoms in total. The summed E-state index contributed by atoms with van der Waals surface area (Å²) in [5, 5.41) is 10.3. The summed E-state index contributed by atoms with van der Waals surface area (Å²) >= 11 is 7.97. The molecule has 1 aromatic carbocycles. The third kappa shape index (κ3) is 4.65. The third-order valence-electron chi connectivity index (χ3n) is 5.28. The Balaban J connectivity index is 1.73. The molecule has 1 aromatic heterocycles. The van der Waals surface area contributed by atoms with Crippen LogP contribution in [0.3, 0.4) is 0 Å². The predicted molar refractivity (Wildman–Crippen MR) is 108 cm³/mol. The second-order valence-electron chi connectivity index (χ2n) is 8.17. The number of piperidine rings is 1. The molecule has 1 aliphatic heterocycles. The van der Waals surface area contributed by atoms with Crippen LogP contribution in [-0.2, 0) is 13.2 Å². The molecule has 4 heteroatoms. The van der Waals surface area contributed by atoms with Crippen LogP contribution >= 0.6 is 22.9 Å². The molecule has 136 valence electrons. The molecule has 1 aliphatic rings. The number of hydrogen-bond acceptors (Lipinski definition) is 3. The van der Waals surface area contributed by atoms with Crippen molar-refractivity contribution < 1.29 is 5.11 Å². The summed E-state index contributed by atoms with van der Waals surface area (Å²) in [6.07, 6.45) is 2.64. The van der Waals surface area contributed by atoms with E-state index in [1.807, 2.05) is 29.5 Å². The third-order valence-corrected chi connectivity index (χ3v) is 6.62. The van der Waals surface area contributed by atoms with E-state index in [0.717, 1.165) is 23.6 Å². The Hall–Kier alpha value is -0.870. The minimum Gasteiger partial charge on any atom is -0.392 e. The highest BCUT2D eigenvalue weighted by Crippen LogP contribution is 2.36. The van der Waals surface area contributed by atoms with E-state index in [9.17, 15) is 5.11 Å². The number of thiophene rings is 1. The number of likely N-dealkylation sites (tertiary alicyclic amines) is 1. The lowest BCUT2D eigenvalue weighted by Crippen LogP contribution is -2.39. The molecule has 2 heterocycles. The van der Waals surface area contributed by atoms with Crippen molar-refractivity contribution >= 4 is 22.9 Å². The van der Waals surface area contributed by atoms with Gasteiger partial charge in [-0.25, -0.2) is 0 Å². The van der Waals surface area contributed by atoms with Crippen LogP contribution in [0.4, 0.5) is 0 Å². The molecule has 0 aliphatic carbocycles. The Morgan fingerprint density at radius 3 is 2.76 bits per heavy atom. The summed E-state index contributed by atoms with van der Waals surface area (Å²) in [6.45, 7) is 10.5. The fraction of sp³-hybridized carbons (Fsp3) is 0.524. The quantitative estimate of drug-likeness (QED) is 0.725. The van der Waals surface area contributed by atoms with E-state index in [2.05, 4.69) is 37.8 Å². The predicted octanol–water partition coefficient (Wildman–Crippen LogP) is 5.82. The number of nitrogens with zero attached hydrogens (tertiary/aromatic N) is 1. The number of aliphatic hydroxyl groups excluding tert-OH is 1. The van der Waals surface area contributed by atoms with Gasteiger partial charge in [0.2, 0.25) is 0 Å². The Morgan fingerprint density at radius 2 is 2.04 bits per heavy atom. The second-order valence-corrected chi connectivity index (χ2v) is 9.77. The van der Waals surface area contributed by atoms with Gasteiger partial charge in [-0.1, -0.05) is 38.4 Å². The lowest BCUT2D eigenvalue weighted by atomic mass is 9.76. The van der Waals surface area contributed by atoms with Gasteiger partial charge < -0.3 is 5.11 Å². The van der Waals surface area contributed by atoms with Crippen LogP contribution in [-0.4, -0.2) is 23.1 Å². The molecule has 0 spiro atoms. The van der Waals surface area contributed by atoms with Crippen molar-refractivity contribution in [3.05, 3.63) is 45.8 Å². The van der Waals surface area contributed by atoms with Crippen LogP contribution in [0.15, 0.2) is 30.3 Å². The fourth-order valence-corrected chi connectivity index (χ4v) is 4.92. The number of aliphatic hydroxyl groups is 1. The van der Waals surface area contributed by atoms with Crippen LogP contribution in [0.2, 0.25) is 5.02 Å². The minimum absolute atomic E-state index is 0.0408. The fourth-order valence-electron chi connectivity index (χ4n) is 3.65. The molecule has 2 aromatic rings. The Kier molecular flexibility index (Phi) is 5.89. The summed E-state index contributed by atoms with van der Waals surface area (Å²) in [5.74, 6) is 0.773. The van der Waals surface area contributed by atoms with Gasteiger partial charge in [-0.15, -0.1) is 11.3 Å². The van der Waals surface area contributed by atoms with Gasteiger partial charge in [0.15, 0.2) is 0 Å². The van der Waals surface area contributed by atoms with Crippen molar-refractivity contribution in [1.29, 1.82) is 0 Å². The van der Waals surface area contributed by atoms with Crippen LogP contribution in [0.1, 0.15) is 44.1 Å². The van der Waals surface area contributed by atoms with Crippen LogP contribution in [0.5, 0.6) is 0 Å². The molecule has 0 bridgehead atoms. The molecule has 0 radical (unpaired) electrons. The number of halogens is 1. The van der Waals surface area contributed by atoms with Gasteiger partial charge in [0.05, 0.1) is 6.61 Å². The summed E-state index contributed by atoms with van der Waals surface area (Å²) in [7, 11) is 0. The summed E-state index contributed by atoms with van der Waals surface area (Å²) < 4.78 is 0. The molecular formula is C21H28ClNOS. The average Bonchev–Trinajstić information content (AvgIpc) is 3.02. The maximum absolute atomic E-state index is 9.60. The van der Waals surface area contributed by atoms with Gasteiger partial charge in [-0.3, -0.25) is 4.90 Å². The Bertz CT molecular complexity index is 719. The summed E-state index contributed by atoms with van der Waals surface area (Å²) in [5.41, 5.74) is 2.37. The van der Waals surface area contributed by atoms with Gasteiger partial charge in [0.1, 0.15) is 0 Å². The van der Waals surface area contributed by atoms with Crippen molar-refractivity contribution in [3.8, 4) is 10.4 Å². The van der Waals surface area contributed by atoms with Crippen molar-refractivity contribution in [1.82, 2.24) is 4.90 Å². The molecule has 0 amide bonds. The molecule has 1 unspecified atom stereocenters. The van der Waals surface area contributed by atoms with E-state index in [4.69, 9.17) is 11.6 Å². The lowest BCUT2D eigenvalue weighted by molar-refractivity contribution is 0.0950. The van der Waals surface area contributed by atoms with Crippen molar-refractivity contribution in [2.75, 3.05) is 13.1 Å². The lowest BCUT2D eigenvalue weighted by Gasteiger charge is -2.39. The largest absolute Gasteiger partial charge is 0.392 e. The standard InChI is InChI=1S/C21H28ClNOS/c1-21(2,3)16-5-4-10-23(12-16)13-18-8-9-20(25-18)19-11-17(22)7-6-15(19)14-24/h6-9,11,16,24H,4-5,10,12-14H2,1-3H3. The second kappa shape index (κ2) is 7.79. The van der Waals surface area contributed by atoms with Crippen LogP contribution in [0.25, 0.3) is 10.4 Å². The van der Waals surface area contributed by atoms with Crippen molar-refractivity contribution in [2.45, 2.75) is 46.8 Å². The number of rotatable bonds is 4. The highest BCUT2D eigenvalue weighted by atomic mass is 35.5. The first-order valence-electron chi connectivity index (χ1n) is 9.07. The first kappa shape index (κ1) is 18.9. The van der Waals surface area contributed by atoms with E-state index in [1.54, 1.807) is 0 Å². The molecule has 25 heavy (non-hydrogen) atoms. The van der Waals surface area contributed by atoms with Crippen LogP contribution in [0, 0.1) is 11.3 Å². The Morgan fingerprint density at radius 1 is 1.24 bits per heavy atom. The van der Waals surface area contributed by atoms with Gasteiger partial charge in [-0.2, -0.15) is 0 Å². The van der Waals surface area contributed by atoms with Gasteiger partial charge in [-0.05, 0) is 66.1 Å². The summed E-state index contributed by atoms with van der Waals surface area (Å²) in [6, 6.07) is 10.1. The zero-order valence-electron chi connectivity index (χ0n) is 15.4. The highest BCUT2D eigenvalue weighted by Gasteiger charge is 2.29. The first-order chi connectivity index (χ1) is 11.9. The molecular weight excluding hydrogens is 350 g/mol. The monoisotopic (exact) mass is 377 g/mol. The normalized spacial score (nSPS) is 19.3. The van der Waals surface area contributed by atoms with E-state index >= 15 is 0 Å². The van der Waals surface area contributed by atoms with Crippen molar-refractivity contribution in [2.24, 2.45) is 11.3 Å². The number of benzene rings is 1. The van der Waals surface area contributed by atoms with Gasteiger partial charge in [0.25, 0.3) is 0 Å². The summed E-state index contributed by atoms with van der Waals surface area (Å²) in [4.78, 5) is 5.17. The molecule has 3 rings (SSSR count). The van der Waals surface area contributed by atoms with E-state index in [1.165, 1.54) is 35.7 Å². The van der Waals surface area contributed by atoms with Gasteiger partial charge in [0, 0.05) is 27.9 Å². The molecule has 1 saturated heterocycles. The van der Waals surface area contributed by atoms with Crippen molar-refractivity contribution in [3.63, 3.8) is 0 Å². The van der Waals surface area contributed by atoms with Crippen LogP contribution < -0.4 is 0 Å². The zero-order valence-corrected chi connectivity index (χ0v) is 17.0. The van der Waals surface area contributed by atoms with E-state index < -0.39 is 0 Å². The minimum atomic E-state index is 0.0408. The molecule has 1 fully saturated rings. The number of hydrogen-bond donors (Lipinski definition) is 1. The van der Waals surface area contributed by atoms with E-state index in [0.29, 0.717) is 10.4 Å². The zero-order chi connectivity index (χ0) is 18.0. The SMILES string of the molecule is CC(C)(C)C1CCCN(Cc2ccc(-c3cc(Cl)ccc3CO)s2)C1. The molecule has 1 N–H and O–H groups in total. The average molecular weight is 378 g/mol. The first-order valence-corrected chi connectivity index (χ1v) is 10.3. The van der Waals surface area contributed by atoms with E-state index in [-0.39, 0.29) is 6.61 Å². The topological polar surface area (TPSA) is 23.5 Å². The molecule has 0 saturated carbocycles. The maximum Gasteiger partial charge on any atom is 0.0688 e. The Labute approximate surface area is 160 Å². The smallest absolute Gasteiger partial charge is 0.0688 e.